The van der Waals surface area contributed by atoms with Crippen LogP contribution in [0.5, 0.6) is 0 Å². The Morgan fingerprint density at radius 3 is 1.95 bits per heavy atom. The van der Waals surface area contributed by atoms with Gasteiger partial charge in [-0.3, -0.25) is 9.78 Å². The predicted octanol–water partition coefficient (Wildman–Crippen LogP) is 7.04. The highest BCUT2D eigenvalue weighted by Gasteiger charge is 2.46. The second-order valence-corrected chi connectivity index (χ2v) is 8.36. The molecule has 9 heteroatoms. The van der Waals surface area contributed by atoms with Crippen LogP contribution in [-0.2, 0) is 24.3 Å². The van der Waals surface area contributed by atoms with Gasteiger partial charge in [0, 0.05) is 18.2 Å². The number of pyridine rings is 1. The zero-order chi connectivity index (χ0) is 26.7. The van der Waals surface area contributed by atoms with Gasteiger partial charge in [0.15, 0.2) is 0 Å². The molecule has 0 saturated heterocycles. The molecule has 0 aliphatic heterocycles. The molecule has 190 valence electrons. The lowest BCUT2D eigenvalue weighted by atomic mass is 9.78. The molecule has 0 fully saturated rings. The van der Waals surface area contributed by atoms with Crippen molar-refractivity contribution in [2.45, 2.75) is 24.3 Å². The summed E-state index contributed by atoms with van der Waals surface area (Å²) >= 11 is 0. The quantitative estimate of drug-likeness (QED) is 0.281. The maximum absolute atomic E-state index is 14.2. The largest absolute Gasteiger partial charge is 0.418 e. The Bertz CT molecular complexity index is 1370. The number of hydrogen-bond donors (Lipinski definition) is 1. The third kappa shape index (κ3) is 5.66. The maximum atomic E-state index is 14.2. The molecule has 1 unspecified atom stereocenters. The van der Waals surface area contributed by atoms with Crippen LogP contribution in [0.15, 0.2) is 103 Å². The lowest BCUT2D eigenvalue weighted by Crippen LogP contribution is -2.50. The maximum Gasteiger partial charge on any atom is 0.418 e. The summed E-state index contributed by atoms with van der Waals surface area (Å²) in [5.41, 5.74) is -4.56. The summed E-state index contributed by atoms with van der Waals surface area (Å²) in [6.07, 6.45) is -8.85. The molecule has 1 heterocycles. The van der Waals surface area contributed by atoms with E-state index in [1.165, 1.54) is 18.2 Å². The number of carbonyl (C=O) groups is 1. The molecular weight excluding hydrogens is 494 g/mol. The highest BCUT2D eigenvalue weighted by Crippen LogP contribution is 2.42. The van der Waals surface area contributed by atoms with E-state index in [-0.39, 0.29) is 17.5 Å². The average molecular weight is 514 g/mol. The van der Waals surface area contributed by atoms with Gasteiger partial charge in [-0.2, -0.15) is 26.3 Å². The molecule has 1 N–H and O–H groups in total. The Labute approximate surface area is 208 Å². The molecule has 0 aliphatic carbocycles. The van der Waals surface area contributed by atoms with Crippen molar-refractivity contribution in [3.05, 3.63) is 137 Å². The van der Waals surface area contributed by atoms with Gasteiger partial charge < -0.3 is 5.32 Å². The Morgan fingerprint density at radius 2 is 1.32 bits per heavy atom. The topological polar surface area (TPSA) is 42.0 Å². The van der Waals surface area contributed by atoms with E-state index in [2.05, 4.69) is 10.3 Å². The van der Waals surface area contributed by atoms with Crippen molar-refractivity contribution >= 4 is 5.91 Å². The minimum absolute atomic E-state index is 0.122. The van der Waals surface area contributed by atoms with Gasteiger partial charge in [-0.1, -0.05) is 60.7 Å². The predicted molar refractivity (Wildman–Crippen MR) is 126 cm³/mol. The van der Waals surface area contributed by atoms with Crippen LogP contribution in [-0.4, -0.2) is 10.9 Å². The normalized spacial score (nSPS) is 13.6. The van der Waals surface area contributed by atoms with Gasteiger partial charge in [0.1, 0.15) is 5.54 Å². The fourth-order valence-electron chi connectivity index (χ4n) is 4.19. The number of amides is 1. The fraction of sp³-hybridized carbons (Fsp3) is 0.143. The first-order valence-electron chi connectivity index (χ1n) is 11.1. The minimum atomic E-state index is -4.90. The number of benzene rings is 3. The molecule has 0 saturated carbocycles. The highest BCUT2D eigenvalue weighted by atomic mass is 19.4. The van der Waals surface area contributed by atoms with Gasteiger partial charge in [0.2, 0.25) is 0 Å². The minimum Gasteiger partial charge on any atom is -0.337 e. The standard InChI is InChI=1S/C28H20F6N2O/c29-27(30,31)22-14-7-13-21(17-22)26(18-19-9-3-1-4-10-19,36-25(37)20-11-5-2-6-12-20)24-23(28(32,33)34)15-8-16-35-24/h1-17H,18H2,(H,36,37). The van der Waals surface area contributed by atoms with E-state index in [0.717, 1.165) is 36.5 Å². The van der Waals surface area contributed by atoms with Crippen molar-refractivity contribution in [3.63, 3.8) is 0 Å². The molecule has 0 bridgehead atoms. The number of rotatable bonds is 6. The van der Waals surface area contributed by atoms with Crippen LogP contribution in [0.3, 0.4) is 0 Å². The van der Waals surface area contributed by atoms with Crippen LogP contribution in [0.4, 0.5) is 26.3 Å². The molecule has 3 nitrogen and oxygen atoms in total. The molecule has 0 aliphatic rings. The Kier molecular flexibility index (Phi) is 7.07. The Morgan fingerprint density at radius 1 is 0.703 bits per heavy atom. The van der Waals surface area contributed by atoms with Crippen molar-refractivity contribution in [1.82, 2.24) is 10.3 Å². The summed E-state index contributed by atoms with van der Waals surface area (Å²) < 4.78 is 83.8. The van der Waals surface area contributed by atoms with E-state index in [1.807, 2.05) is 0 Å². The smallest absolute Gasteiger partial charge is 0.337 e. The number of nitrogens with one attached hydrogen (secondary N) is 1. The third-order valence-electron chi connectivity index (χ3n) is 5.88. The first-order chi connectivity index (χ1) is 17.5. The summed E-state index contributed by atoms with van der Waals surface area (Å²) in [7, 11) is 0. The number of carbonyl (C=O) groups excluding carboxylic acids is 1. The molecule has 37 heavy (non-hydrogen) atoms. The van der Waals surface area contributed by atoms with E-state index in [9.17, 15) is 31.1 Å². The number of hydrogen-bond acceptors (Lipinski definition) is 2. The van der Waals surface area contributed by atoms with Gasteiger partial charge in [-0.05, 0) is 47.5 Å². The van der Waals surface area contributed by atoms with Crippen LogP contribution in [0, 0.1) is 0 Å². The van der Waals surface area contributed by atoms with Gasteiger partial charge in [-0.15, -0.1) is 0 Å². The molecule has 1 aromatic heterocycles. The van der Waals surface area contributed by atoms with E-state index in [0.29, 0.717) is 5.56 Å². The monoisotopic (exact) mass is 514 g/mol. The summed E-state index contributed by atoms with van der Waals surface area (Å²) in [5.74, 6) is -0.771. The first kappa shape index (κ1) is 25.9. The van der Waals surface area contributed by atoms with Gasteiger partial charge in [-0.25, -0.2) is 0 Å². The van der Waals surface area contributed by atoms with Crippen LogP contribution in [0.1, 0.15) is 38.3 Å². The second-order valence-electron chi connectivity index (χ2n) is 8.36. The van der Waals surface area contributed by atoms with E-state index < -0.39 is 40.6 Å². The molecule has 4 rings (SSSR count). The van der Waals surface area contributed by atoms with E-state index in [4.69, 9.17) is 0 Å². The summed E-state index contributed by atoms with van der Waals surface area (Å²) in [4.78, 5) is 17.4. The SMILES string of the molecule is O=C(NC(Cc1ccccc1)(c1cccc(C(F)(F)F)c1)c1ncccc1C(F)(F)F)c1ccccc1. The van der Waals surface area contributed by atoms with Crippen LogP contribution >= 0.6 is 0 Å². The van der Waals surface area contributed by atoms with Crippen LogP contribution < -0.4 is 5.32 Å². The number of halogens is 6. The van der Waals surface area contributed by atoms with Gasteiger partial charge in [0.05, 0.1) is 16.8 Å². The Balaban J connectivity index is 2.04. The van der Waals surface area contributed by atoms with Crippen molar-refractivity contribution in [3.8, 4) is 0 Å². The zero-order valence-corrected chi connectivity index (χ0v) is 19.1. The number of alkyl halides is 6. The molecule has 0 spiro atoms. The van der Waals surface area contributed by atoms with Gasteiger partial charge in [0.25, 0.3) is 5.91 Å². The van der Waals surface area contributed by atoms with Crippen molar-refractivity contribution in [1.29, 1.82) is 0 Å². The van der Waals surface area contributed by atoms with Crippen LogP contribution in [0.2, 0.25) is 0 Å². The lowest BCUT2D eigenvalue weighted by molar-refractivity contribution is -0.139. The van der Waals surface area contributed by atoms with Crippen molar-refractivity contribution in [2.75, 3.05) is 0 Å². The van der Waals surface area contributed by atoms with Crippen LogP contribution in [0.25, 0.3) is 0 Å². The fourth-order valence-corrected chi connectivity index (χ4v) is 4.19. The summed E-state index contributed by atoms with van der Waals surface area (Å²) in [6, 6.07) is 21.7. The molecule has 3 aromatic carbocycles. The van der Waals surface area contributed by atoms with Crippen molar-refractivity contribution in [2.24, 2.45) is 0 Å². The third-order valence-corrected chi connectivity index (χ3v) is 5.88. The summed E-state index contributed by atoms with van der Waals surface area (Å²) in [6.45, 7) is 0. The number of aromatic nitrogens is 1. The van der Waals surface area contributed by atoms with Gasteiger partial charge >= 0.3 is 12.4 Å². The molecular formula is C28H20F6N2O. The Hall–Kier alpha value is -4.14. The van der Waals surface area contributed by atoms with E-state index in [1.54, 1.807) is 48.5 Å². The molecule has 1 amide bonds. The molecule has 4 aromatic rings. The zero-order valence-electron chi connectivity index (χ0n) is 19.1. The van der Waals surface area contributed by atoms with E-state index >= 15 is 0 Å². The molecule has 0 radical (unpaired) electrons. The second kappa shape index (κ2) is 10.1. The summed E-state index contributed by atoms with van der Waals surface area (Å²) in [5, 5.41) is 2.65. The number of nitrogens with zero attached hydrogens (tertiary/aromatic N) is 1. The lowest BCUT2D eigenvalue weighted by Gasteiger charge is -2.37. The van der Waals surface area contributed by atoms with Crippen molar-refractivity contribution < 1.29 is 31.1 Å². The average Bonchev–Trinajstić information content (AvgIpc) is 2.88. The molecule has 1 atom stereocenters. The highest BCUT2D eigenvalue weighted by molar-refractivity contribution is 5.95. The first-order valence-corrected chi connectivity index (χ1v) is 11.1.